The van der Waals surface area contributed by atoms with Crippen molar-refractivity contribution >= 4 is 0 Å². The summed E-state index contributed by atoms with van der Waals surface area (Å²) < 4.78 is 24.3. The Hall–Kier alpha value is -1.13. The van der Waals surface area contributed by atoms with Gasteiger partial charge < -0.3 is 15.2 Å². The van der Waals surface area contributed by atoms with Gasteiger partial charge in [-0.3, -0.25) is 0 Å². The maximum atomic E-state index is 13.7. The Balaban J connectivity index is 2.15. The van der Waals surface area contributed by atoms with Crippen molar-refractivity contribution in [3.63, 3.8) is 0 Å². The van der Waals surface area contributed by atoms with Crippen molar-refractivity contribution in [2.45, 2.75) is 31.9 Å². The molecular weight excluding hydrogens is 233 g/mol. The molecule has 1 aromatic carbocycles. The number of rotatable bonds is 6. The lowest BCUT2D eigenvalue weighted by molar-refractivity contribution is 0.0282. The first-order valence-corrected chi connectivity index (χ1v) is 6.38. The van der Waals surface area contributed by atoms with E-state index in [1.54, 1.807) is 12.1 Å². The molecule has 2 atom stereocenters. The van der Waals surface area contributed by atoms with Gasteiger partial charge in [-0.2, -0.15) is 0 Å². The van der Waals surface area contributed by atoms with E-state index in [2.05, 4.69) is 0 Å². The summed E-state index contributed by atoms with van der Waals surface area (Å²) in [5.74, 6) is 0.381. The SMILES string of the molecule is CCOC(C1CC1)C(N)c1ccc(OC)c(F)c1. The zero-order valence-corrected chi connectivity index (χ0v) is 10.9. The van der Waals surface area contributed by atoms with Gasteiger partial charge >= 0.3 is 0 Å². The van der Waals surface area contributed by atoms with Gasteiger partial charge in [0.1, 0.15) is 0 Å². The van der Waals surface area contributed by atoms with Crippen LogP contribution in [-0.4, -0.2) is 19.8 Å². The van der Waals surface area contributed by atoms with E-state index < -0.39 is 0 Å². The van der Waals surface area contributed by atoms with Crippen LogP contribution in [0.2, 0.25) is 0 Å². The average Bonchev–Trinajstić information content (AvgIpc) is 3.19. The van der Waals surface area contributed by atoms with Crippen molar-refractivity contribution in [1.29, 1.82) is 0 Å². The summed E-state index contributed by atoms with van der Waals surface area (Å²) in [5.41, 5.74) is 6.96. The predicted octanol–water partition coefficient (Wildman–Crippen LogP) is 2.65. The van der Waals surface area contributed by atoms with Crippen LogP contribution >= 0.6 is 0 Å². The Morgan fingerprint density at radius 2 is 2.17 bits per heavy atom. The summed E-state index contributed by atoms with van der Waals surface area (Å²) in [6.45, 7) is 2.59. The molecule has 100 valence electrons. The standard InChI is InChI=1S/C14H20FNO2/c1-3-18-14(9-4-5-9)13(16)10-6-7-12(17-2)11(15)8-10/h6-9,13-14H,3-5,16H2,1-2H3. The fourth-order valence-corrected chi connectivity index (χ4v) is 2.23. The van der Waals surface area contributed by atoms with E-state index in [9.17, 15) is 4.39 Å². The second-order valence-electron chi connectivity index (χ2n) is 4.68. The third kappa shape index (κ3) is 2.82. The summed E-state index contributed by atoms with van der Waals surface area (Å²) in [6.07, 6.45) is 2.29. The highest BCUT2D eigenvalue weighted by Crippen LogP contribution is 2.39. The van der Waals surface area contributed by atoms with Crippen molar-refractivity contribution in [2.24, 2.45) is 11.7 Å². The molecule has 0 radical (unpaired) electrons. The van der Waals surface area contributed by atoms with Gasteiger partial charge in [0.25, 0.3) is 0 Å². The molecule has 0 bridgehead atoms. The van der Waals surface area contributed by atoms with Crippen LogP contribution in [0, 0.1) is 11.7 Å². The molecule has 2 N–H and O–H groups in total. The van der Waals surface area contributed by atoms with Crippen molar-refractivity contribution in [3.05, 3.63) is 29.6 Å². The van der Waals surface area contributed by atoms with Crippen molar-refractivity contribution in [1.82, 2.24) is 0 Å². The van der Waals surface area contributed by atoms with Crippen LogP contribution in [0.1, 0.15) is 31.4 Å². The molecule has 0 saturated heterocycles. The molecule has 18 heavy (non-hydrogen) atoms. The van der Waals surface area contributed by atoms with E-state index in [0.29, 0.717) is 12.5 Å². The number of hydrogen-bond donors (Lipinski definition) is 1. The van der Waals surface area contributed by atoms with Crippen LogP contribution in [0.25, 0.3) is 0 Å². The molecule has 0 heterocycles. The summed E-state index contributed by atoms with van der Waals surface area (Å²) >= 11 is 0. The molecule has 0 aliphatic heterocycles. The smallest absolute Gasteiger partial charge is 0.165 e. The molecule has 1 fully saturated rings. The third-order valence-corrected chi connectivity index (χ3v) is 3.36. The lowest BCUT2D eigenvalue weighted by Gasteiger charge is -2.24. The number of hydrogen-bond acceptors (Lipinski definition) is 3. The Labute approximate surface area is 107 Å². The number of methoxy groups -OCH3 is 1. The molecule has 1 saturated carbocycles. The highest BCUT2D eigenvalue weighted by molar-refractivity contribution is 5.31. The highest BCUT2D eigenvalue weighted by Gasteiger charge is 2.36. The molecule has 0 amide bonds. The molecule has 0 spiro atoms. The second kappa shape index (κ2) is 5.67. The van der Waals surface area contributed by atoms with Gasteiger partial charge in [0.2, 0.25) is 0 Å². The van der Waals surface area contributed by atoms with E-state index >= 15 is 0 Å². The van der Waals surface area contributed by atoms with Crippen molar-refractivity contribution in [2.75, 3.05) is 13.7 Å². The Bertz CT molecular complexity index is 407. The molecule has 4 heteroatoms. The lowest BCUT2D eigenvalue weighted by Crippen LogP contribution is -2.31. The minimum atomic E-state index is -0.378. The van der Waals surface area contributed by atoms with E-state index in [1.165, 1.54) is 13.2 Å². The van der Waals surface area contributed by atoms with Gasteiger partial charge in [-0.25, -0.2) is 4.39 Å². The summed E-state index contributed by atoms with van der Waals surface area (Å²) in [4.78, 5) is 0. The molecule has 1 aliphatic carbocycles. The topological polar surface area (TPSA) is 44.5 Å². The largest absolute Gasteiger partial charge is 0.494 e. The number of nitrogens with two attached hydrogens (primary N) is 1. The average molecular weight is 253 g/mol. The first-order valence-electron chi connectivity index (χ1n) is 6.38. The van der Waals surface area contributed by atoms with Gasteiger partial charge in [-0.15, -0.1) is 0 Å². The zero-order chi connectivity index (χ0) is 13.1. The molecule has 3 nitrogen and oxygen atoms in total. The van der Waals surface area contributed by atoms with Crippen LogP contribution in [0.15, 0.2) is 18.2 Å². The van der Waals surface area contributed by atoms with Gasteiger partial charge in [0.05, 0.1) is 19.3 Å². The first kappa shape index (κ1) is 13.3. The minimum absolute atomic E-state index is 0.0113. The fourth-order valence-electron chi connectivity index (χ4n) is 2.23. The maximum absolute atomic E-state index is 13.7. The van der Waals surface area contributed by atoms with Gasteiger partial charge in [-0.1, -0.05) is 6.07 Å². The summed E-state index contributed by atoms with van der Waals surface area (Å²) in [5, 5.41) is 0. The minimum Gasteiger partial charge on any atom is -0.494 e. The van der Waals surface area contributed by atoms with Crippen molar-refractivity contribution in [3.8, 4) is 5.75 Å². The van der Waals surface area contributed by atoms with Crippen LogP contribution in [0.3, 0.4) is 0 Å². The zero-order valence-electron chi connectivity index (χ0n) is 10.9. The van der Waals surface area contributed by atoms with Crippen LogP contribution in [-0.2, 0) is 4.74 Å². The number of benzene rings is 1. The highest BCUT2D eigenvalue weighted by atomic mass is 19.1. The number of halogens is 1. The molecule has 1 aromatic rings. The van der Waals surface area contributed by atoms with E-state index in [1.807, 2.05) is 6.92 Å². The second-order valence-corrected chi connectivity index (χ2v) is 4.68. The predicted molar refractivity (Wildman–Crippen MR) is 68.0 cm³/mol. The molecule has 1 aliphatic rings. The Morgan fingerprint density at radius 3 is 2.67 bits per heavy atom. The Morgan fingerprint density at radius 1 is 1.44 bits per heavy atom. The Kier molecular flexibility index (Phi) is 4.19. The molecule has 2 rings (SSSR count). The molecular formula is C14H20FNO2. The quantitative estimate of drug-likeness (QED) is 0.847. The third-order valence-electron chi connectivity index (χ3n) is 3.36. The van der Waals surface area contributed by atoms with E-state index in [-0.39, 0.29) is 23.7 Å². The normalized spacial score (nSPS) is 18.4. The van der Waals surface area contributed by atoms with Gasteiger partial charge in [0, 0.05) is 6.61 Å². The number of ether oxygens (including phenoxy) is 2. The first-order chi connectivity index (χ1) is 8.67. The van der Waals surface area contributed by atoms with Crippen LogP contribution in [0.4, 0.5) is 4.39 Å². The molecule has 2 unspecified atom stereocenters. The summed E-state index contributed by atoms with van der Waals surface area (Å²) in [6, 6.07) is 4.58. The summed E-state index contributed by atoms with van der Waals surface area (Å²) in [7, 11) is 1.45. The monoisotopic (exact) mass is 253 g/mol. The lowest BCUT2D eigenvalue weighted by atomic mass is 9.98. The fraction of sp³-hybridized carbons (Fsp3) is 0.571. The van der Waals surface area contributed by atoms with Gasteiger partial charge in [-0.05, 0) is 43.4 Å². The maximum Gasteiger partial charge on any atom is 0.165 e. The van der Waals surface area contributed by atoms with Crippen molar-refractivity contribution < 1.29 is 13.9 Å². The van der Waals surface area contributed by atoms with E-state index in [4.69, 9.17) is 15.2 Å². The van der Waals surface area contributed by atoms with Crippen LogP contribution in [0.5, 0.6) is 5.75 Å². The molecule has 0 aromatic heterocycles. The van der Waals surface area contributed by atoms with Gasteiger partial charge in [0.15, 0.2) is 11.6 Å². The van der Waals surface area contributed by atoms with E-state index in [0.717, 1.165) is 18.4 Å². The van der Waals surface area contributed by atoms with Crippen LogP contribution < -0.4 is 10.5 Å².